The molecule has 51 heavy (non-hydrogen) atoms. The molecule has 3 rings (SSSR count). The summed E-state index contributed by atoms with van der Waals surface area (Å²) in [7, 11) is 0. The summed E-state index contributed by atoms with van der Waals surface area (Å²) in [4.78, 5) is 45.3. The van der Waals surface area contributed by atoms with Gasteiger partial charge >= 0.3 is 12.1 Å². The zero-order chi connectivity index (χ0) is 38.6. The lowest BCUT2D eigenvalue weighted by molar-refractivity contribution is -0.142. The average Bonchev–Trinajstić information content (AvgIpc) is 3.08. The number of aromatic nitrogens is 2. The molecule has 2 amide bonds. The molecule has 0 aliphatic rings. The SMILES string of the molecule is CC.CC(C)CN(C/C(N)=C/C(=O)C(=O)NO)Cc1cccnc1.CC(C)CN(Cc1ccc(C(=O)NO)cc1)Cc1cccnc1C(F)(F)F. The molecule has 1 aromatic carbocycles. The highest BCUT2D eigenvalue weighted by atomic mass is 19.4. The molecule has 280 valence electrons. The van der Waals surface area contributed by atoms with Gasteiger partial charge in [-0.25, -0.2) is 11.0 Å². The van der Waals surface area contributed by atoms with Crippen molar-refractivity contribution < 1.29 is 38.0 Å². The Hall–Kier alpha value is -4.70. The van der Waals surface area contributed by atoms with E-state index in [1.165, 1.54) is 17.6 Å². The second kappa shape index (κ2) is 22.9. The first-order valence-corrected chi connectivity index (χ1v) is 16.4. The Balaban J connectivity index is 0.000000496. The number of nitrogens with zero attached hydrogens (tertiary/aromatic N) is 4. The number of halogens is 3. The molecule has 2 aromatic heterocycles. The van der Waals surface area contributed by atoms with E-state index in [9.17, 15) is 27.6 Å². The summed E-state index contributed by atoms with van der Waals surface area (Å²) >= 11 is 0. The number of hydrogen-bond acceptors (Lipinski definition) is 10. The standard InChI is InChI=1S/C19H22F3N3O2.C15H22N4O3.C2H6/c1-13(2)10-25(11-14-5-7-15(8-6-14)18(26)24-27)12-16-4-3-9-23-17(16)19(20,21)22;1-11(2)8-19(9-12-4-3-5-17-7-12)10-13(16)6-14(20)15(21)18-22;1-2/h3-9,13,27H,10-12H2,1-2H3,(H,24,26);3-7,11,22H,8-10,16H2,1-2H3,(H,18,21);1-2H3/b;13-6-;. The van der Waals surface area contributed by atoms with E-state index < -0.39 is 29.5 Å². The van der Waals surface area contributed by atoms with Gasteiger partial charge in [-0.05, 0) is 52.8 Å². The molecule has 0 fully saturated rings. The number of nitrogens with two attached hydrogens (primary N) is 1. The van der Waals surface area contributed by atoms with Crippen LogP contribution in [0.1, 0.15) is 74.3 Å². The van der Waals surface area contributed by atoms with Gasteiger partial charge in [0.2, 0.25) is 5.78 Å². The summed E-state index contributed by atoms with van der Waals surface area (Å²) in [6, 6.07) is 13.3. The number of nitrogens with one attached hydrogen (secondary N) is 2. The topological polar surface area (TPSA) is 174 Å². The second-order valence-corrected chi connectivity index (χ2v) is 12.2. The quantitative estimate of drug-likeness (QED) is 0.0596. The van der Waals surface area contributed by atoms with E-state index in [2.05, 4.69) is 28.7 Å². The fraction of sp³-hybridized carbons (Fsp3) is 0.417. The number of pyridine rings is 2. The monoisotopic (exact) mass is 717 g/mol. The fourth-order valence-corrected chi connectivity index (χ4v) is 4.89. The molecule has 15 heteroatoms. The molecule has 0 radical (unpaired) electrons. The van der Waals surface area contributed by atoms with Crippen molar-refractivity contribution >= 4 is 17.6 Å². The van der Waals surface area contributed by atoms with Gasteiger partial charge in [0.05, 0.1) is 0 Å². The first-order chi connectivity index (χ1) is 24.1. The molecule has 0 aliphatic heterocycles. The molecule has 0 spiro atoms. The maximum absolute atomic E-state index is 13.2. The summed E-state index contributed by atoms with van der Waals surface area (Å²) in [6.07, 6.45) is 1.15. The van der Waals surface area contributed by atoms with Crippen molar-refractivity contribution in [1.29, 1.82) is 0 Å². The third-order valence-electron chi connectivity index (χ3n) is 6.70. The normalized spacial score (nSPS) is 11.5. The Morgan fingerprint density at radius 2 is 1.43 bits per heavy atom. The van der Waals surface area contributed by atoms with Crippen LogP contribution >= 0.6 is 0 Å². The van der Waals surface area contributed by atoms with E-state index in [1.807, 2.05) is 44.7 Å². The predicted octanol–water partition coefficient (Wildman–Crippen LogP) is 5.36. The molecule has 3 aromatic rings. The van der Waals surface area contributed by atoms with E-state index in [0.29, 0.717) is 37.7 Å². The van der Waals surface area contributed by atoms with Crippen LogP contribution in [0.2, 0.25) is 0 Å². The predicted molar refractivity (Wildman–Crippen MR) is 187 cm³/mol. The van der Waals surface area contributed by atoms with Crippen molar-refractivity contribution in [1.82, 2.24) is 30.7 Å². The number of carbonyl (C=O) groups is 3. The number of ketones is 1. The maximum atomic E-state index is 13.2. The van der Waals surface area contributed by atoms with Gasteiger partial charge < -0.3 is 5.73 Å². The Bertz CT molecular complexity index is 1520. The van der Waals surface area contributed by atoms with Crippen LogP contribution in [-0.4, -0.2) is 67.4 Å². The van der Waals surface area contributed by atoms with Crippen LogP contribution in [0.25, 0.3) is 0 Å². The highest BCUT2D eigenvalue weighted by Crippen LogP contribution is 2.31. The first-order valence-electron chi connectivity index (χ1n) is 16.4. The van der Waals surface area contributed by atoms with Crippen molar-refractivity contribution in [2.75, 3.05) is 19.6 Å². The third kappa shape index (κ3) is 17.2. The highest BCUT2D eigenvalue weighted by Gasteiger charge is 2.35. The lowest BCUT2D eigenvalue weighted by Gasteiger charge is -2.25. The van der Waals surface area contributed by atoms with E-state index in [1.54, 1.807) is 42.1 Å². The molecule has 0 saturated heterocycles. The van der Waals surface area contributed by atoms with Crippen molar-refractivity contribution in [2.45, 2.75) is 67.4 Å². The van der Waals surface area contributed by atoms with Crippen LogP contribution in [0, 0.1) is 11.8 Å². The van der Waals surface area contributed by atoms with Crippen LogP contribution in [0.5, 0.6) is 0 Å². The van der Waals surface area contributed by atoms with Crippen LogP contribution < -0.4 is 16.7 Å². The molecular formula is C36H50F3N7O5. The van der Waals surface area contributed by atoms with Crippen molar-refractivity contribution in [3.63, 3.8) is 0 Å². The molecule has 0 saturated carbocycles. The van der Waals surface area contributed by atoms with Gasteiger partial charge in [0, 0.05) is 75.2 Å². The molecule has 6 N–H and O–H groups in total. The number of amides is 2. The van der Waals surface area contributed by atoms with Gasteiger partial charge in [0.1, 0.15) is 5.69 Å². The first kappa shape index (κ1) is 44.3. The van der Waals surface area contributed by atoms with Crippen molar-refractivity contribution in [3.8, 4) is 0 Å². The molecule has 12 nitrogen and oxygen atoms in total. The molecule has 0 aliphatic carbocycles. The van der Waals surface area contributed by atoms with Gasteiger partial charge in [-0.3, -0.25) is 44.6 Å². The number of alkyl halides is 3. The Kier molecular flexibility index (Phi) is 19.9. The summed E-state index contributed by atoms with van der Waals surface area (Å²) in [6.45, 7) is 15.1. The summed E-state index contributed by atoms with van der Waals surface area (Å²) < 4.78 is 39.6. The van der Waals surface area contributed by atoms with E-state index in [-0.39, 0.29) is 23.7 Å². The van der Waals surface area contributed by atoms with Gasteiger partial charge in [0.25, 0.3) is 5.91 Å². The van der Waals surface area contributed by atoms with Gasteiger partial charge in [-0.1, -0.05) is 65.8 Å². The van der Waals surface area contributed by atoms with Crippen molar-refractivity contribution in [3.05, 3.63) is 107 Å². The number of hydrogen-bond donors (Lipinski definition) is 5. The third-order valence-corrected chi connectivity index (χ3v) is 6.70. The number of rotatable bonds is 15. The summed E-state index contributed by atoms with van der Waals surface area (Å²) in [5.74, 6) is -1.93. The number of carbonyl (C=O) groups excluding carboxylic acids is 3. The number of benzene rings is 1. The van der Waals surface area contributed by atoms with E-state index in [4.69, 9.17) is 16.1 Å². The van der Waals surface area contributed by atoms with Gasteiger partial charge in [-0.2, -0.15) is 13.2 Å². The number of hydroxylamine groups is 2. The van der Waals surface area contributed by atoms with E-state index in [0.717, 1.165) is 29.9 Å². The largest absolute Gasteiger partial charge is 0.433 e. The fourth-order valence-electron chi connectivity index (χ4n) is 4.89. The van der Waals surface area contributed by atoms with Crippen LogP contribution in [-0.2, 0) is 35.4 Å². The molecule has 2 heterocycles. The zero-order valence-corrected chi connectivity index (χ0v) is 29.9. The average molecular weight is 718 g/mol. The Labute approximate surface area is 297 Å². The molecular weight excluding hydrogens is 667 g/mol. The Morgan fingerprint density at radius 1 is 0.843 bits per heavy atom. The molecule has 0 unspecified atom stereocenters. The minimum absolute atomic E-state index is 0.111. The van der Waals surface area contributed by atoms with Crippen molar-refractivity contribution in [2.24, 2.45) is 17.6 Å². The molecule has 0 bridgehead atoms. The maximum Gasteiger partial charge on any atom is 0.433 e. The van der Waals surface area contributed by atoms with Crippen LogP contribution in [0.15, 0.2) is 78.9 Å². The van der Waals surface area contributed by atoms with Gasteiger partial charge in [0.15, 0.2) is 0 Å². The lowest BCUT2D eigenvalue weighted by Crippen LogP contribution is -2.33. The highest BCUT2D eigenvalue weighted by molar-refractivity contribution is 6.40. The lowest BCUT2D eigenvalue weighted by atomic mass is 10.1. The second-order valence-electron chi connectivity index (χ2n) is 12.2. The smallest absolute Gasteiger partial charge is 0.401 e. The van der Waals surface area contributed by atoms with Crippen LogP contribution in [0.3, 0.4) is 0 Å². The Morgan fingerprint density at radius 3 is 1.96 bits per heavy atom. The minimum Gasteiger partial charge on any atom is -0.401 e. The van der Waals surface area contributed by atoms with Gasteiger partial charge in [-0.15, -0.1) is 0 Å². The molecule has 0 atom stereocenters. The van der Waals surface area contributed by atoms with E-state index >= 15 is 0 Å². The zero-order valence-electron chi connectivity index (χ0n) is 29.9. The van der Waals surface area contributed by atoms with Crippen LogP contribution in [0.4, 0.5) is 13.2 Å². The minimum atomic E-state index is -4.50. The summed E-state index contributed by atoms with van der Waals surface area (Å²) in [5.41, 5.74) is 10.4. The summed E-state index contributed by atoms with van der Waals surface area (Å²) in [5, 5.41) is 17.1.